The van der Waals surface area contributed by atoms with Gasteiger partial charge in [0.05, 0.1) is 6.33 Å². The number of nitrogens with one attached hydrogen (secondary N) is 2. The standard InChI is InChI=1S/C17H19N5O2/c1-12-16(13(2)24-21-12)20-17(23)19-9-14-4-3-5-15(8-14)10-22-7-6-18-11-22/h3-8,11H,9-10H2,1-2H3,(H2,19,20,23). The summed E-state index contributed by atoms with van der Waals surface area (Å²) in [7, 11) is 0. The van der Waals surface area contributed by atoms with Gasteiger partial charge in [0, 0.05) is 25.5 Å². The highest BCUT2D eigenvalue weighted by Crippen LogP contribution is 2.18. The second kappa shape index (κ2) is 6.99. The number of carbonyl (C=O) groups is 1. The summed E-state index contributed by atoms with van der Waals surface area (Å²) in [5.41, 5.74) is 3.45. The minimum Gasteiger partial charge on any atom is -0.359 e. The maximum Gasteiger partial charge on any atom is 0.319 e. The number of urea groups is 1. The van der Waals surface area contributed by atoms with Crippen molar-refractivity contribution in [2.45, 2.75) is 26.9 Å². The van der Waals surface area contributed by atoms with Crippen LogP contribution in [0, 0.1) is 13.8 Å². The largest absolute Gasteiger partial charge is 0.359 e. The Kier molecular flexibility index (Phi) is 4.60. The lowest BCUT2D eigenvalue weighted by Gasteiger charge is -2.09. The topological polar surface area (TPSA) is 85.0 Å². The van der Waals surface area contributed by atoms with Crippen LogP contribution in [0.4, 0.5) is 10.5 Å². The molecule has 2 heterocycles. The van der Waals surface area contributed by atoms with E-state index in [1.807, 2.05) is 29.0 Å². The molecule has 124 valence electrons. The summed E-state index contributed by atoms with van der Waals surface area (Å²) < 4.78 is 7.02. The Balaban J connectivity index is 1.57. The molecule has 3 aromatic rings. The van der Waals surface area contributed by atoms with E-state index >= 15 is 0 Å². The van der Waals surface area contributed by atoms with Crippen LogP contribution in [0.3, 0.4) is 0 Å². The summed E-state index contributed by atoms with van der Waals surface area (Å²) in [5, 5.41) is 9.41. The van der Waals surface area contributed by atoms with Crippen LogP contribution < -0.4 is 10.6 Å². The van der Waals surface area contributed by atoms with Gasteiger partial charge in [-0.15, -0.1) is 0 Å². The predicted octanol–water partition coefficient (Wildman–Crippen LogP) is 2.86. The van der Waals surface area contributed by atoms with Gasteiger partial charge in [-0.25, -0.2) is 9.78 Å². The van der Waals surface area contributed by atoms with Crippen LogP contribution in [0.1, 0.15) is 22.6 Å². The first-order valence-corrected chi connectivity index (χ1v) is 7.63. The highest BCUT2D eigenvalue weighted by molar-refractivity contribution is 5.90. The van der Waals surface area contributed by atoms with Crippen molar-refractivity contribution in [2.24, 2.45) is 0 Å². The molecule has 0 saturated heterocycles. The number of anilines is 1. The van der Waals surface area contributed by atoms with Crippen molar-refractivity contribution >= 4 is 11.7 Å². The number of rotatable bonds is 5. The lowest BCUT2D eigenvalue weighted by atomic mass is 10.1. The van der Waals surface area contributed by atoms with Gasteiger partial charge in [-0.05, 0) is 25.0 Å². The molecule has 1 aromatic carbocycles. The molecule has 0 aliphatic rings. The van der Waals surface area contributed by atoms with Crippen LogP contribution in [0.25, 0.3) is 0 Å². The van der Waals surface area contributed by atoms with Gasteiger partial charge in [0.25, 0.3) is 0 Å². The molecule has 2 N–H and O–H groups in total. The Bertz CT molecular complexity index is 804. The van der Waals surface area contributed by atoms with E-state index in [9.17, 15) is 4.79 Å². The number of amides is 2. The van der Waals surface area contributed by atoms with Crippen molar-refractivity contribution in [3.8, 4) is 0 Å². The minimum atomic E-state index is -0.288. The number of aryl methyl sites for hydroxylation is 2. The molecule has 0 bridgehead atoms. The molecule has 2 amide bonds. The molecule has 0 atom stereocenters. The molecule has 24 heavy (non-hydrogen) atoms. The number of carbonyl (C=O) groups excluding carboxylic acids is 1. The minimum absolute atomic E-state index is 0.288. The van der Waals surface area contributed by atoms with Crippen molar-refractivity contribution in [3.63, 3.8) is 0 Å². The summed E-state index contributed by atoms with van der Waals surface area (Å²) in [5.74, 6) is 0.588. The van der Waals surface area contributed by atoms with Crippen molar-refractivity contribution in [3.05, 3.63) is 65.6 Å². The normalized spacial score (nSPS) is 10.6. The monoisotopic (exact) mass is 325 g/mol. The van der Waals surface area contributed by atoms with Crippen molar-refractivity contribution in [1.82, 2.24) is 20.0 Å². The molecular weight excluding hydrogens is 306 g/mol. The van der Waals surface area contributed by atoms with Gasteiger partial charge in [0.2, 0.25) is 0 Å². The molecule has 7 heteroatoms. The van der Waals surface area contributed by atoms with Gasteiger partial charge in [-0.3, -0.25) is 0 Å². The zero-order valence-corrected chi connectivity index (χ0v) is 13.6. The molecule has 0 radical (unpaired) electrons. The molecule has 0 fully saturated rings. The van der Waals surface area contributed by atoms with Crippen LogP contribution in [0.2, 0.25) is 0 Å². The van der Waals surface area contributed by atoms with E-state index < -0.39 is 0 Å². The first kappa shape index (κ1) is 15.8. The number of imidazole rings is 1. The quantitative estimate of drug-likeness (QED) is 0.755. The summed E-state index contributed by atoms with van der Waals surface area (Å²) in [4.78, 5) is 16.1. The SMILES string of the molecule is Cc1noc(C)c1NC(=O)NCc1cccc(Cn2ccnc2)c1. The Morgan fingerprint density at radius 3 is 2.83 bits per heavy atom. The molecule has 3 rings (SSSR count). The van der Waals surface area contributed by atoms with Crippen LogP contribution in [-0.2, 0) is 13.1 Å². The first-order chi connectivity index (χ1) is 11.6. The zero-order valence-electron chi connectivity index (χ0n) is 13.6. The summed E-state index contributed by atoms with van der Waals surface area (Å²) in [6.07, 6.45) is 5.45. The van der Waals surface area contributed by atoms with Crippen LogP contribution >= 0.6 is 0 Å². The number of hydrogen-bond donors (Lipinski definition) is 2. The maximum atomic E-state index is 12.0. The molecule has 0 aliphatic heterocycles. The molecule has 0 unspecified atom stereocenters. The van der Waals surface area contributed by atoms with Crippen LogP contribution in [0.15, 0.2) is 47.5 Å². The predicted molar refractivity (Wildman–Crippen MR) is 89.6 cm³/mol. The zero-order chi connectivity index (χ0) is 16.9. The Morgan fingerprint density at radius 1 is 1.29 bits per heavy atom. The van der Waals surface area contributed by atoms with Crippen molar-refractivity contribution < 1.29 is 9.32 Å². The van der Waals surface area contributed by atoms with Gasteiger partial charge < -0.3 is 19.7 Å². The third-order valence-corrected chi connectivity index (χ3v) is 3.64. The molecule has 0 spiro atoms. The van der Waals surface area contributed by atoms with Crippen LogP contribution in [-0.4, -0.2) is 20.7 Å². The van der Waals surface area contributed by atoms with Gasteiger partial charge in [0.15, 0.2) is 5.76 Å². The molecule has 0 saturated carbocycles. The summed E-state index contributed by atoms with van der Waals surface area (Å²) >= 11 is 0. The van der Waals surface area contributed by atoms with E-state index in [0.717, 1.165) is 17.7 Å². The van der Waals surface area contributed by atoms with E-state index in [2.05, 4.69) is 26.8 Å². The highest BCUT2D eigenvalue weighted by atomic mass is 16.5. The number of benzene rings is 1. The first-order valence-electron chi connectivity index (χ1n) is 7.63. The maximum absolute atomic E-state index is 12.0. The average Bonchev–Trinajstić information content (AvgIpc) is 3.18. The van der Waals surface area contributed by atoms with Gasteiger partial charge in [0.1, 0.15) is 11.4 Å². The van der Waals surface area contributed by atoms with Gasteiger partial charge in [-0.1, -0.05) is 29.4 Å². The number of aromatic nitrogens is 3. The van der Waals surface area contributed by atoms with Crippen LogP contribution in [0.5, 0.6) is 0 Å². The molecule has 2 aromatic heterocycles. The van der Waals surface area contributed by atoms with Gasteiger partial charge >= 0.3 is 6.03 Å². The van der Waals surface area contributed by atoms with E-state index in [4.69, 9.17) is 4.52 Å². The number of nitrogens with zero attached hydrogens (tertiary/aromatic N) is 3. The number of hydrogen-bond acceptors (Lipinski definition) is 4. The second-order valence-electron chi connectivity index (χ2n) is 5.56. The van der Waals surface area contributed by atoms with Crippen molar-refractivity contribution in [2.75, 3.05) is 5.32 Å². The van der Waals surface area contributed by atoms with E-state index in [0.29, 0.717) is 23.7 Å². The Hall–Kier alpha value is -3.09. The van der Waals surface area contributed by atoms with E-state index in [1.165, 1.54) is 0 Å². The Morgan fingerprint density at radius 2 is 2.12 bits per heavy atom. The molecule has 7 nitrogen and oxygen atoms in total. The summed E-state index contributed by atoms with van der Waals surface area (Å²) in [6, 6.07) is 7.79. The van der Waals surface area contributed by atoms with E-state index in [-0.39, 0.29) is 6.03 Å². The van der Waals surface area contributed by atoms with Crippen molar-refractivity contribution in [1.29, 1.82) is 0 Å². The lowest BCUT2D eigenvalue weighted by molar-refractivity contribution is 0.251. The third kappa shape index (κ3) is 3.81. The highest BCUT2D eigenvalue weighted by Gasteiger charge is 2.11. The average molecular weight is 325 g/mol. The third-order valence-electron chi connectivity index (χ3n) is 3.64. The summed E-state index contributed by atoms with van der Waals surface area (Å²) in [6.45, 7) is 4.73. The Labute approximate surface area is 139 Å². The second-order valence-corrected chi connectivity index (χ2v) is 5.56. The molecule has 0 aliphatic carbocycles. The van der Waals surface area contributed by atoms with Gasteiger partial charge in [-0.2, -0.15) is 0 Å². The molecular formula is C17H19N5O2. The smallest absolute Gasteiger partial charge is 0.319 e. The van der Waals surface area contributed by atoms with E-state index in [1.54, 1.807) is 26.4 Å². The fourth-order valence-corrected chi connectivity index (χ4v) is 2.43. The lowest BCUT2D eigenvalue weighted by Crippen LogP contribution is -2.28. The fourth-order valence-electron chi connectivity index (χ4n) is 2.43. The fraction of sp³-hybridized carbons (Fsp3) is 0.235.